The highest BCUT2D eigenvalue weighted by Crippen LogP contribution is 2.34. The summed E-state index contributed by atoms with van der Waals surface area (Å²) in [4.78, 5) is 45.2. The Balaban J connectivity index is 2.27. The van der Waals surface area contributed by atoms with Gasteiger partial charge < -0.3 is 34.6 Å². The standard InChI is InChI=1S/C21H30FN4O8P/c1-5-33-13-24(3)20(28)18-21(29)34-17(12-26(18)25(4)8-9-35(30,31)32)19(27)23-11-15-7-6-14(2)10-16(15)22/h6-7,10,12,29H,5,8-9,11,13H2,1-4H3,(H,23,27)(H2,30,31,32). The first kappa shape index (κ1) is 28.3. The molecule has 0 unspecified atom stereocenters. The lowest BCUT2D eigenvalue weighted by atomic mass is 10.1. The number of hydrazine groups is 1. The van der Waals surface area contributed by atoms with Crippen LogP contribution in [0.2, 0.25) is 0 Å². The zero-order chi connectivity index (χ0) is 26.3. The number of carbonyl (C=O) groups is 2. The first-order chi connectivity index (χ1) is 16.3. The van der Waals surface area contributed by atoms with Crippen molar-refractivity contribution in [3.8, 4) is 0 Å². The second-order valence-corrected chi connectivity index (χ2v) is 9.54. The molecule has 0 fully saturated rings. The predicted molar refractivity (Wildman–Crippen MR) is 122 cm³/mol. The average molecular weight is 516 g/mol. The van der Waals surface area contributed by atoms with Gasteiger partial charge in [-0.15, -0.1) is 0 Å². The van der Waals surface area contributed by atoms with Crippen LogP contribution in [0.3, 0.4) is 0 Å². The molecule has 12 nitrogen and oxygen atoms in total. The molecule has 194 valence electrons. The Hall–Kier alpha value is -2.96. The van der Waals surface area contributed by atoms with Crippen molar-refractivity contribution in [1.82, 2.24) is 20.2 Å². The summed E-state index contributed by atoms with van der Waals surface area (Å²) in [5, 5.41) is 15.3. The van der Waals surface area contributed by atoms with Gasteiger partial charge in [-0.1, -0.05) is 12.1 Å². The molecule has 0 atom stereocenters. The SMILES string of the molecule is CCOCN(C)C(=O)C1=C(O)OC(C(=O)NCc2ccc(C)cc2F)=CN1N(C)CCP(=O)(O)O. The van der Waals surface area contributed by atoms with E-state index in [1.807, 2.05) is 0 Å². The van der Waals surface area contributed by atoms with E-state index in [1.165, 1.54) is 31.2 Å². The molecule has 1 heterocycles. The first-order valence-electron chi connectivity index (χ1n) is 10.6. The van der Waals surface area contributed by atoms with Gasteiger partial charge >= 0.3 is 13.5 Å². The molecule has 0 bridgehead atoms. The van der Waals surface area contributed by atoms with Crippen molar-refractivity contribution < 1.29 is 42.9 Å². The van der Waals surface area contributed by atoms with Crippen LogP contribution < -0.4 is 5.32 Å². The molecular formula is C21H30FN4O8P. The molecule has 0 spiro atoms. The number of hydrogen-bond donors (Lipinski definition) is 4. The highest BCUT2D eigenvalue weighted by atomic mass is 31.2. The quantitative estimate of drug-likeness (QED) is 0.249. The minimum atomic E-state index is -4.38. The molecule has 2 amide bonds. The van der Waals surface area contributed by atoms with Crippen molar-refractivity contribution in [1.29, 1.82) is 0 Å². The number of benzene rings is 1. The number of carbonyl (C=O) groups excluding carboxylic acids is 2. The maximum atomic E-state index is 14.1. The van der Waals surface area contributed by atoms with E-state index >= 15 is 0 Å². The molecule has 1 aliphatic heterocycles. The van der Waals surface area contributed by atoms with Crippen LogP contribution in [-0.4, -0.2) is 81.8 Å². The molecule has 35 heavy (non-hydrogen) atoms. The van der Waals surface area contributed by atoms with E-state index in [4.69, 9.17) is 9.47 Å². The maximum Gasteiger partial charge on any atom is 0.326 e. The third-order valence-electron chi connectivity index (χ3n) is 4.87. The van der Waals surface area contributed by atoms with Gasteiger partial charge in [0.25, 0.3) is 11.8 Å². The number of rotatable bonds is 11. The van der Waals surface area contributed by atoms with Crippen LogP contribution in [0, 0.1) is 12.7 Å². The Morgan fingerprint density at radius 3 is 2.57 bits per heavy atom. The molecule has 0 aliphatic carbocycles. The summed E-state index contributed by atoms with van der Waals surface area (Å²) in [5.41, 5.74) is 0.539. The zero-order valence-electron chi connectivity index (χ0n) is 19.9. The van der Waals surface area contributed by atoms with Crippen molar-refractivity contribution in [2.45, 2.75) is 20.4 Å². The lowest BCUT2D eigenvalue weighted by Gasteiger charge is -2.35. The summed E-state index contributed by atoms with van der Waals surface area (Å²) in [5.74, 6) is -3.40. The van der Waals surface area contributed by atoms with Crippen LogP contribution in [0.15, 0.2) is 41.8 Å². The van der Waals surface area contributed by atoms with Crippen LogP contribution in [-0.2, 0) is 30.2 Å². The molecule has 4 N–H and O–H groups in total. The maximum absolute atomic E-state index is 14.1. The van der Waals surface area contributed by atoms with Gasteiger partial charge in [-0.05, 0) is 25.5 Å². The van der Waals surface area contributed by atoms with Crippen molar-refractivity contribution in [3.63, 3.8) is 0 Å². The summed E-state index contributed by atoms with van der Waals surface area (Å²) in [6.07, 6.45) is 0.530. The second-order valence-electron chi connectivity index (χ2n) is 7.77. The number of nitrogens with zero attached hydrogens (tertiary/aromatic N) is 3. The molecule has 1 aromatic carbocycles. The number of aliphatic hydroxyl groups excluding tert-OH is 1. The fourth-order valence-electron chi connectivity index (χ4n) is 2.92. The van der Waals surface area contributed by atoms with Gasteiger partial charge in [-0.25, -0.2) is 9.40 Å². The Morgan fingerprint density at radius 1 is 1.29 bits per heavy atom. The molecule has 0 saturated carbocycles. The van der Waals surface area contributed by atoms with Crippen LogP contribution in [0.1, 0.15) is 18.1 Å². The van der Waals surface area contributed by atoms with E-state index in [-0.39, 0.29) is 25.4 Å². The molecule has 1 aliphatic rings. The number of aliphatic hydroxyl groups is 1. The van der Waals surface area contributed by atoms with Crippen LogP contribution in [0.25, 0.3) is 0 Å². The summed E-state index contributed by atoms with van der Waals surface area (Å²) < 4.78 is 35.8. The zero-order valence-corrected chi connectivity index (χ0v) is 20.8. The van der Waals surface area contributed by atoms with Gasteiger partial charge in [0.1, 0.15) is 12.5 Å². The van der Waals surface area contributed by atoms with Crippen molar-refractivity contribution in [3.05, 3.63) is 58.7 Å². The molecule has 0 radical (unpaired) electrons. The molecule has 2 rings (SSSR count). The molecule has 14 heteroatoms. The average Bonchev–Trinajstić information content (AvgIpc) is 2.78. The largest absolute Gasteiger partial charge is 0.479 e. The number of aryl methyl sites for hydroxylation is 1. The number of nitrogens with one attached hydrogen (secondary N) is 1. The molecular weight excluding hydrogens is 486 g/mol. The highest BCUT2D eigenvalue weighted by molar-refractivity contribution is 7.51. The van der Waals surface area contributed by atoms with E-state index in [2.05, 4.69) is 5.32 Å². The van der Waals surface area contributed by atoms with Crippen LogP contribution in [0.5, 0.6) is 0 Å². The Morgan fingerprint density at radius 2 is 1.97 bits per heavy atom. The lowest BCUT2D eigenvalue weighted by Crippen LogP contribution is -2.46. The van der Waals surface area contributed by atoms with Gasteiger partial charge in [-0.3, -0.25) is 19.2 Å². The number of hydrogen-bond acceptors (Lipinski definition) is 8. The van der Waals surface area contributed by atoms with Gasteiger partial charge in [0.2, 0.25) is 11.5 Å². The second kappa shape index (κ2) is 12.1. The van der Waals surface area contributed by atoms with E-state index in [0.717, 1.165) is 16.1 Å². The third-order valence-corrected chi connectivity index (χ3v) is 5.65. The summed E-state index contributed by atoms with van der Waals surface area (Å²) in [6.45, 7) is 3.28. The summed E-state index contributed by atoms with van der Waals surface area (Å²) in [6, 6.07) is 4.52. The summed E-state index contributed by atoms with van der Waals surface area (Å²) in [7, 11) is -1.57. The van der Waals surface area contributed by atoms with Crippen molar-refractivity contribution in [2.75, 3.05) is 40.1 Å². The number of amides is 2. The van der Waals surface area contributed by atoms with Gasteiger partial charge in [0, 0.05) is 39.4 Å². The van der Waals surface area contributed by atoms with E-state index in [9.17, 15) is 33.4 Å². The van der Waals surface area contributed by atoms with E-state index < -0.39 is 48.8 Å². The highest BCUT2D eigenvalue weighted by Gasteiger charge is 2.35. The monoisotopic (exact) mass is 516 g/mol. The molecule has 1 aromatic rings. The fraction of sp³-hybridized carbons (Fsp3) is 0.429. The van der Waals surface area contributed by atoms with Crippen molar-refractivity contribution in [2.24, 2.45) is 0 Å². The van der Waals surface area contributed by atoms with Gasteiger partial charge in [0.15, 0.2) is 0 Å². The third kappa shape index (κ3) is 8.05. The fourth-order valence-corrected chi connectivity index (χ4v) is 3.47. The minimum Gasteiger partial charge on any atom is -0.479 e. The predicted octanol–water partition coefficient (Wildman–Crippen LogP) is 1.13. The number of halogens is 1. The normalized spacial score (nSPS) is 14.1. The Bertz CT molecular complexity index is 1060. The molecule has 0 saturated heterocycles. The van der Waals surface area contributed by atoms with Gasteiger partial charge in [-0.2, -0.15) is 0 Å². The van der Waals surface area contributed by atoms with E-state index in [0.29, 0.717) is 12.2 Å². The minimum absolute atomic E-state index is 0.106. The number of likely N-dealkylation sites (N-methyl/N-ethyl adjacent to an activating group) is 1. The van der Waals surface area contributed by atoms with Crippen LogP contribution >= 0.6 is 7.60 Å². The van der Waals surface area contributed by atoms with Gasteiger partial charge in [0.05, 0.1) is 12.4 Å². The number of ether oxygens (including phenoxy) is 2. The van der Waals surface area contributed by atoms with Crippen molar-refractivity contribution >= 4 is 19.4 Å². The summed E-state index contributed by atoms with van der Waals surface area (Å²) >= 11 is 0. The molecule has 0 aromatic heterocycles. The lowest BCUT2D eigenvalue weighted by molar-refractivity contribution is -0.136. The topological polar surface area (TPSA) is 152 Å². The van der Waals surface area contributed by atoms with E-state index in [1.54, 1.807) is 19.9 Å². The first-order valence-corrected chi connectivity index (χ1v) is 12.4. The Kier molecular flexibility index (Phi) is 9.81. The smallest absolute Gasteiger partial charge is 0.326 e. The van der Waals surface area contributed by atoms with Crippen LogP contribution in [0.4, 0.5) is 4.39 Å². The Labute approximate surface area is 202 Å².